The molecule has 2 aromatic heterocycles. The van der Waals surface area contributed by atoms with Crippen LogP contribution >= 0.6 is 27.3 Å². The number of nitrogens with one attached hydrogen (secondary N) is 1. The topological polar surface area (TPSA) is 64.1 Å². The van der Waals surface area contributed by atoms with Crippen molar-refractivity contribution in [2.24, 2.45) is 0 Å². The highest BCUT2D eigenvalue weighted by Gasteiger charge is 2.24. The Hall–Kier alpha value is -1.47. The summed E-state index contributed by atoms with van der Waals surface area (Å²) in [5, 5.41) is 5.02. The van der Waals surface area contributed by atoms with Gasteiger partial charge in [0.1, 0.15) is 6.10 Å². The Balaban J connectivity index is 1.46. The van der Waals surface area contributed by atoms with Crippen LogP contribution < -0.4 is 10.1 Å². The van der Waals surface area contributed by atoms with Gasteiger partial charge in [0.15, 0.2) is 0 Å². The molecule has 116 valence electrons. The summed E-state index contributed by atoms with van der Waals surface area (Å²) in [4.78, 5) is 21.0. The minimum Gasteiger partial charge on any atom is -0.473 e. The zero-order chi connectivity index (χ0) is 15.4. The van der Waals surface area contributed by atoms with Crippen molar-refractivity contribution in [1.82, 2.24) is 15.3 Å². The molecule has 0 spiro atoms. The molecule has 0 aliphatic heterocycles. The number of hydrogen-bond donors (Lipinski definition) is 1. The lowest BCUT2D eigenvalue weighted by Gasteiger charge is -2.28. The van der Waals surface area contributed by atoms with E-state index in [2.05, 4.69) is 31.2 Å². The average molecular weight is 382 g/mol. The van der Waals surface area contributed by atoms with Gasteiger partial charge in [-0.3, -0.25) is 9.78 Å². The monoisotopic (exact) mass is 381 g/mol. The molecule has 1 N–H and O–H groups in total. The molecule has 0 radical (unpaired) electrons. The van der Waals surface area contributed by atoms with E-state index in [0.29, 0.717) is 5.88 Å². The summed E-state index contributed by atoms with van der Waals surface area (Å²) >= 11 is 4.82. The maximum Gasteiger partial charge on any atom is 0.261 e. The standard InChI is InChI=1S/C15H16BrN3O2S/c16-10-7-13(22-9-10)15(20)19-11-1-3-12(4-2-11)21-14-8-17-5-6-18-14/h5-9,11-12H,1-4H2,(H,19,20). The maximum atomic E-state index is 12.1. The molecule has 1 aliphatic carbocycles. The van der Waals surface area contributed by atoms with E-state index < -0.39 is 0 Å². The van der Waals surface area contributed by atoms with Gasteiger partial charge >= 0.3 is 0 Å². The summed E-state index contributed by atoms with van der Waals surface area (Å²) < 4.78 is 6.75. The van der Waals surface area contributed by atoms with Gasteiger partial charge in [-0.15, -0.1) is 11.3 Å². The van der Waals surface area contributed by atoms with E-state index in [1.165, 1.54) is 11.3 Å². The van der Waals surface area contributed by atoms with E-state index in [1.807, 2.05) is 11.4 Å². The van der Waals surface area contributed by atoms with E-state index in [9.17, 15) is 4.79 Å². The van der Waals surface area contributed by atoms with Crippen LogP contribution in [0, 0.1) is 0 Å². The molecule has 7 heteroatoms. The molecule has 0 bridgehead atoms. The summed E-state index contributed by atoms with van der Waals surface area (Å²) in [5.74, 6) is 0.576. The molecule has 1 amide bonds. The summed E-state index contributed by atoms with van der Waals surface area (Å²) in [7, 11) is 0. The second-order valence-corrected chi connectivity index (χ2v) is 7.06. The highest BCUT2D eigenvalue weighted by molar-refractivity contribution is 9.10. The number of amides is 1. The summed E-state index contributed by atoms with van der Waals surface area (Å²) in [6, 6.07) is 2.07. The van der Waals surface area contributed by atoms with Crippen molar-refractivity contribution < 1.29 is 9.53 Å². The van der Waals surface area contributed by atoms with Gasteiger partial charge in [0.2, 0.25) is 5.88 Å². The van der Waals surface area contributed by atoms with Crippen molar-refractivity contribution in [3.8, 4) is 5.88 Å². The number of carbonyl (C=O) groups excluding carboxylic acids is 1. The number of halogens is 1. The lowest BCUT2D eigenvalue weighted by molar-refractivity contribution is 0.0893. The van der Waals surface area contributed by atoms with E-state index in [4.69, 9.17) is 4.74 Å². The van der Waals surface area contributed by atoms with Crippen molar-refractivity contribution in [3.05, 3.63) is 39.4 Å². The second-order valence-electron chi connectivity index (χ2n) is 5.24. The number of rotatable bonds is 4. The van der Waals surface area contributed by atoms with Gasteiger partial charge in [-0.2, -0.15) is 0 Å². The molecule has 0 aromatic carbocycles. The molecule has 5 nitrogen and oxygen atoms in total. The first kappa shape index (κ1) is 15.4. The quantitative estimate of drug-likeness (QED) is 0.880. The SMILES string of the molecule is O=C(NC1CCC(Oc2cnccn2)CC1)c1cc(Br)cs1. The number of nitrogens with zero attached hydrogens (tertiary/aromatic N) is 2. The Morgan fingerprint density at radius 3 is 2.77 bits per heavy atom. The zero-order valence-corrected chi connectivity index (χ0v) is 14.3. The number of thiophene rings is 1. The summed E-state index contributed by atoms with van der Waals surface area (Å²) in [6.45, 7) is 0. The van der Waals surface area contributed by atoms with Gasteiger partial charge in [0.05, 0.1) is 11.1 Å². The Morgan fingerprint density at radius 1 is 1.32 bits per heavy atom. The van der Waals surface area contributed by atoms with Gasteiger partial charge < -0.3 is 10.1 Å². The Labute approximate surface area is 141 Å². The van der Waals surface area contributed by atoms with Gasteiger partial charge in [-0.05, 0) is 47.7 Å². The van der Waals surface area contributed by atoms with E-state index in [1.54, 1.807) is 18.6 Å². The van der Waals surface area contributed by atoms with Crippen LogP contribution in [-0.4, -0.2) is 28.0 Å². The molecule has 1 fully saturated rings. The van der Waals surface area contributed by atoms with Crippen LogP contribution in [0.2, 0.25) is 0 Å². The molecular formula is C15H16BrN3O2S. The smallest absolute Gasteiger partial charge is 0.261 e. The molecule has 1 saturated carbocycles. The van der Waals surface area contributed by atoms with Crippen LogP contribution in [0.3, 0.4) is 0 Å². The first-order valence-electron chi connectivity index (χ1n) is 7.18. The number of ether oxygens (including phenoxy) is 1. The van der Waals surface area contributed by atoms with E-state index in [-0.39, 0.29) is 18.1 Å². The minimum atomic E-state index is 0.00833. The maximum absolute atomic E-state index is 12.1. The lowest BCUT2D eigenvalue weighted by atomic mass is 9.93. The molecular weight excluding hydrogens is 366 g/mol. The van der Waals surface area contributed by atoms with Crippen LogP contribution in [0.5, 0.6) is 5.88 Å². The van der Waals surface area contributed by atoms with Gasteiger partial charge in [0, 0.05) is 28.3 Å². The fraction of sp³-hybridized carbons (Fsp3) is 0.400. The van der Waals surface area contributed by atoms with Gasteiger partial charge in [-0.25, -0.2) is 4.98 Å². The third kappa shape index (κ3) is 4.04. The molecule has 2 heterocycles. The molecule has 22 heavy (non-hydrogen) atoms. The van der Waals surface area contributed by atoms with Crippen LogP contribution in [0.4, 0.5) is 0 Å². The number of hydrogen-bond acceptors (Lipinski definition) is 5. The van der Waals surface area contributed by atoms with Crippen molar-refractivity contribution >= 4 is 33.2 Å². The average Bonchev–Trinajstić information content (AvgIpc) is 2.97. The molecule has 2 aromatic rings. The van der Waals surface area contributed by atoms with Crippen LogP contribution in [0.15, 0.2) is 34.5 Å². The lowest BCUT2D eigenvalue weighted by Crippen LogP contribution is -2.39. The first-order chi connectivity index (χ1) is 10.7. The number of aromatic nitrogens is 2. The fourth-order valence-corrected chi connectivity index (χ4v) is 3.86. The third-order valence-corrected chi connectivity index (χ3v) is 5.32. The zero-order valence-electron chi connectivity index (χ0n) is 11.9. The Morgan fingerprint density at radius 2 is 2.14 bits per heavy atom. The van der Waals surface area contributed by atoms with Crippen LogP contribution in [0.1, 0.15) is 35.4 Å². The predicted molar refractivity (Wildman–Crippen MR) is 88.2 cm³/mol. The summed E-state index contributed by atoms with van der Waals surface area (Å²) in [6.07, 6.45) is 8.70. The van der Waals surface area contributed by atoms with Crippen LogP contribution in [0.25, 0.3) is 0 Å². The normalized spacial score (nSPS) is 21.3. The molecule has 0 atom stereocenters. The second kappa shape index (κ2) is 7.19. The molecule has 0 saturated heterocycles. The van der Waals surface area contributed by atoms with Crippen molar-refractivity contribution in [2.45, 2.75) is 37.8 Å². The minimum absolute atomic E-state index is 0.00833. The molecule has 1 aliphatic rings. The molecule has 3 rings (SSSR count). The Bertz CT molecular complexity index is 627. The summed E-state index contributed by atoms with van der Waals surface area (Å²) in [5.41, 5.74) is 0. The fourth-order valence-electron chi connectivity index (χ4n) is 2.53. The molecule has 0 unspecified atom stereocenters. The van der Waals surface area contributed by atoms with E-state index >= 15 is 0 Å². The first-order valence-corrected chi connectivity index (χ1v) is 8.85. The van der Waals surface area contributed by atoms with E-state index in [0.717, 1.165) is 35.0 Å². The highest BCUT2D eigenvalue weighted by Crippen LogP contribution is 2.24. The van der Waals surface area contributed by atoms with Crippen molar-refractivity contribution in [1.29, 1.82) is 0 Å². The van der Waals surface area contributed by atoms with Gasteiger partial charge in [-0.1, -0.05) is 0 Å². The third-order valence-electron chi connectivity index (χ3n) is 3.63. The van der Waals surface area contributed by atoms with Crippen molar-refractivity contribution in [2.75, 3.05) is 0 Å². The number of carbonyl (C=O) groups is 1. The van der Waals surface area contributed by atoms with Gasteiger partial charge in [0.25, 0.3) is 5.91 Å². The highest BCUT2D eigenvalue weighted by atomic mass is 79.9. The predicted octanol–water partition coefficient (Wildman–Crippen LogP) is 3.42. The largest absolute Gasteiger partial charge is 0.473 e. The van der Waals surface area contributed by atoms with Crippen LogP contribution in [-0.2, 0) is 0 Å². The Kier molecular flexibility index (Phi) is 5.04. The van der Waals surface area contributed by atoms with Crippen molar-refractivity contribution in [3.63, 3.8) is 0 Å².